The zero-order chi connectivity index (χ0) is 22.4. The van der Waals surface area contributed by atoms with Crippen LogP contribution >= 0.6 is 0 Å². The molecule has 2 aromatic carbocycles. The zero-order valence-corrected chi connectivity index (χ0v) is 17.2. The molecule has 1 fully saturated rings. The standard InChI is InChI=1S/C20H20FN3O6S/c21-18-14-17(24(26)27)6-7-19(18)30-15-20(25)22-9-11-23(12-10-22)31(28,29)13-8-16-4-2-1-3-5-16/h1-8,13-14H,9-12,15H2/b13-8+. The van der Waals surface area contributed by atoms with Crippen molar-refractivity contribution in [3.8, 4) is 5.75 Å². The van der Waals surface area contributed by atoms with E-state index in [0.717, 1.165) is 23.1 Å². The molecule has 0 spiro atoms. The summed E-state index contributed by atoms with van der Waals surface area (Å²) in [5.41, 5.74) is 0.338. The van der Waals surface area contributed by atoms with E-state index in [-0.39, 0.29) is 31.9 Å². The third-order valence-corrected chi connectivity index (χ3v) is 6.23. The van der Waals surface area contributed by atoms with E-state index in [4.69, 9.17) is 4.74 Å². The molecule has 0 unspecified atom stereocenters. The molecule has 1 saturated heterocycles. The zero-order valence-electron chi connectivity index (χ0n) is 16.4. The van der Waals surface area contributed by atoms with Crippen LogP contribution in [-0.2, 0) is 14.8 Å². The largest absolute Gasteiger partial charge is 0.481 e. The van der Waals surface area contributed by atoms with Gasteiger partial charge in [-0.05, 0) is 17.7 Å². The normalized spacial score (nSPS) is 15.2. The second-order valence-electron chi connectivity index (χ2n) is 6.70. The second-order valence-corrected chi connectivity index (χ2v) is 8.52. The summed E-state index contributed by atoms with van der Waals surface area (Å²) in [7, 11) is -3.62. The van der Waals surface area contributed by atoms with Crippen LogP contribution in [0.15, 0.2) is 53.9 Å². The van der Waals surface area contributed by atoms with Gasteiger partial charge in [0, 0.05) is 37.7 Å². The van der Waals surface area contributed by atoms with Gasteiger partial charge in [-0.2, -0.15) is 4.31 Å². The minimum atomic E-state index is -3.62. The number of nitro benzene ring substituents is 1. The lowest BCUT2D eigenvalue weighted by atomic mass is 10.2. The van der Waals surface area contributed by atoms with Gasteiger partial charge in [0.05, 0.1) is 11.0 Å². The number of hydrogen-bond acceptors (Lipinski definition) is 6. The summed E-state index contributed by atoms with van der Waals surface area (Å²) in [6.45, 7) is 0.125. The Kier molecular flexibility index (Phi) is 6.98. The van der Waals surface area contributed by atoms with Crippen molar-refractivity contribution in [2.45, 2.75) is 0 Å². The van der Waals surface area contributed by atoms with Crippen molar-refractivity contribution in [1.29, 1.82) is 0 Å². The quantitative estimate of drug-likeness (QED) is 0.474. The summed E-state index contributed by atoms with van der Waals surface area (Å²) in [4.78, 5) is 23.6. The van der Waals surface area contributed by atoms with Gasteiger partial charge in [0.1, 0.15) is 0 Å². The van der Waals surface area contributed by atoms with Crippen LogP contribution in [0.2, 0.25) is 0 Å². The fourth-order valence-electron chi connectivity index (χ4n) is 2.96. The number of sulfonamides is 1. The van der Waals surface area contributed by atoms with Crippen LogP contribution in [-0.4, -0.2) is 61.2 Å². The molecule has 1 aliphatic heterocycles. The summed E-state index contributed by atoms with van der Waals surface area (Å²) >= 11 is 0. The number of halogens is 1. The number of carbonyl (C=O) groups excluding carboxylic acids is 1. The first-order chi connectivity index (χ1) is 14.8. The van der Waals surface area contributed by atoms with Crippen molar-refractivity contribution in [1.82, 2.24) is 9.21 Å². The van der Waals surface area contributed by atoms with Crippen LogP contribution in [0.5, 0.6) is 5.75 Å². The van der Waals surface area contributed by atoms with Crippen molar-refractivity contribution < 1.29 is 27.3 Å². The van der Waals surface area contributed by atoms with Crippen LogP contribution in [0.3, 0.4) is 0 Å². The highest BCUT2D eigenvalue weighted by Crippen LogP contribution is 2.22. The number of nitro groups is 1. The molecule has 1 aliphatic rings. The van der Waals surface area contributed by atoms with Gasteiger partial charge < -0.3 is 9.64 Å². The summed E-state index contributed by atoms with van der Waals surface area (Å²) < 4.78 is 45.2. The Labute approximate surface area is 178 Å². The molecule has 164 valence electrons. The monoisotopic (exact) mass is 449 g/mol. The average molecular weight is 449 g/mol. The van der Waals surface area contributed by atoms with Gasteiger partial charge in [-0.25, -0.2) is 12.8 Å². The highest BCUT2D eigenvalue weighted by molar-refractivity contribution is 7.92. The molecule has 0 atom stereocenters. The molecule has 1 amide bonds. The first-order valence-electron chi connectivity index (χ1n) is 9.34. The van der Waals surface area contributed by atoms with E-state index < -0.39 is 39.0 Å². The number of benzene rings is 2. The number of hydrogen-bond donors (Lipinski definition) is 0. The van der Waals surface area contributed by atoms with E-state index in [2.05, 4.69) is 0 Å². The lowest BCUT2D eigenvalue weighted by molar-refractivity contribution is -0.385. The molecule has 0 saturated carbocycles. The molecule has 0 bridgehead atoms. The van der Waals surface area contributed by atoms with E-state index >= 15 is 0 Å². The third kappa shape index (κ3) is 5.86. The maximum atomic E-state index is 13.8. The third-order valence-electron chi connectivity index (χ3n) is 4.66. The number of ether oxygens (including phenoxy) is 1. The van der Waals surface area contributed by atoms with Crippen molar-refractivity contribution in [2.75, 3.05) is 32.8 Å². The molecule has 0 aliphatic carbocycles. The van der Waals surface area contributed by atoms with Gasteiger partial charge in [0.15, 0.2) is 18.2 Å². The van der Waals surface area contributed by atoms with Crippen molar-refractivity contribution in [2.24, 2.45) is 0 Å². The highest BCUT2D eigenvalue weighted by atomic mass is 32.2. The summed E-state index contributed by atoms with van der Waals surface area (Å²) in [5, 5.41) is 11.8. The number of carbonyl (C=O) groups is 1. The number of non-ortho nitro benzene ring substituents is 1. The minimum Gasteiger partial charge on any atom is -0.481 e. The van der Waals surface area contributed by atoms with Crippen LogP contribution in [0, 0.1) is 15.9 Å². The van der Waals surface area contributed by atoms with Gasteiger partial charge in [0.25, 0.3) is 11.6 Å². The van der Waals surface area contributed by atoms with Crippen LogP contribution in [0.25, 0.3) is 6.08 Å². The first-order valence-corrected chi connectivity index (χ1v) is 10.8. The predicted octanol–water partition coefficient (Wildman–Crippen LogP) is 2.26. The first kappa shape index (κ1) is 22.4. The average Bonchev–Trinajstić information content (AvgIpc) is 2.77. The molecule has 0 N–H and O–H groups in total. The topological polar surface area (TPSA) is 110 Å². The van der Waals surface area contributed by atoms with Crippen molar-refractivity contribution in [3.05, 3.63) is 75.4 Å². The molecule has 2 aromatic rings. The van der Waals surface area contributed by atoms with Crippen LogP contribution in [0.4, 0.5) is 10.1 Å². The summed E-state index contributed by atoms with van der Waals surface area (Å²) in [5.74, 6) is -1.65. The Hall–Kier alpha value is -3.31. The SMILES string of the molecule is O=C(COc1ccc([N+](=O)[O-])cc1F)N1CCN(S(=O)(=O)/C=C/c2ccccc2)CC1. The maximum absolute atomic E-state index is 13.8. The minimum absolute atomic E-state index is 0.124. The van der Waals surface area contributed by atoms with E-state index in [9.17, 15) is 27.7 Å². The Morgan fingerprint density at radius 1 is 1.13 bits per heavy atom. The molecule has 0 aromatic heterocycles. The predicted molar refractivity (Wildman–Crippen MR) is 111 cm³/mol. The lowest BCUT2D eigenvalue weighted by Gasteiger charge is -2.33. The lowest BCUT2D eigenvalue weighted by Crippen LogP contribution is -2.51. The van der Waals surface area contributed by atoms with E-state index in [1.807, 2.05) is 6.07 Å². The number of rotatable bonds is 7. The Morgan fingerprint density at radius 3 is 2.42 bits per heavy atom. The molecule has 3 rings (SSSR count). The summed E-state index contributed by atoms with van der Waals surface area (Å²) in [6, 6.07) is 11.9. The van der Waals surface area contributed by atoms with Crippen LogP contribution < -0.4 is 4.74 Å². The molecule has 1 heterocycles. The van der Waals surface area contributed by atoms with Crippen molar-refractivity contribution >= 4 is 27.7 Å². The number of amides is 1. The number of piperazine rings is 1. The Morgan fingerprint density at radius 2 is 1.81 bits per heavy atom. The van der Waals surface area contributed by atoms with Gasteiger partial charge in [-0.15, -0.1) is 0 Å². The Bertz CT molecular complexity index is 1080. The fraction of sp³-hybridized carbons (Fsp3) is 0.250. The number of nitrogens with zero attached hydrogens (tertiary/aromatic N) is 3. The van der Waals surface area contributed by atoms with Gasteiger partial charge in [-0.3, -0.25) is 14.9 Å². The molecule has 31 heavy (non-hydrogen) atoms. The maximum Gasteiger partial charge on any atom is 0.272 e. The van der Waals surface area contributed by atoms with Gasteiger partial charge in [-0.1, -0.05) is 30.3 Å². The second kappa shape index (κ2) is 9.67. The van der Waals surface area contributed by atoms with Crippen LogP contribution in [0.1, 0.15) is 5.56 Å². The molecule has 0 radical (unpaired) electrons. The highest BCUT2D eigenvalue weighted by Gasteiger charge is 2.27. The smallest absolute Gasteiger partial charge is 0.272 e. The van der Waals surface area contributed by atoms with E-state index in [1.165, 1.54) is 15.3 Å². The van der Waals surface area contributed by atoms with Crippen molar-refractivity contribution in [3.63, 3.8) is 0 Å². The molecular formula is C20H20FN3O6S. The molecule has 11 heteroatoms. The van der Waals surface area contributed by atoms with E-state index in [0.29, 0.717) is 6.07 Å². The van der Waals surface area contributed by atoms with E-state index in [1.54, 1.807) is 24.3 Å². The Balaban J connectivity index is 1.51. The molecule has 9 nitrogen and oxygen atoms in total. The van der Waals surface area contributed by atoms with Gasteiger partial charge >= 0.3 is 0 Å². The van der Waals surface area contributed by atoms with Gasteiger partial charge in [0.2, 0.25) is 10.0 Å². The summed E-state index contributed by atoms with van der Waals surface area (Å²) in [6.07, 6.45) is 1.51. The fourth-order valence-corrected chi connectivity index (χ4v) is 4.13. The molecular weight excluding hydrogens is 429 g/mol.